The predicted octanol–water partition coefficient (Wildman–Crippen LogP) is 4.42. The average molecular weight is 683 g/mol. The Morgan fingerprint density at radius 3 is 2.30 bits per heavy atom. The van der Waals surface area contributed by atoms with Crippen molar-refractivity contribution in [2.24, 2.45) is 11.7 Å². The fraction of sp³-hybridized carbons (Fsp3) is 0.342. The third kappa shape index (κ3) is 9.07. The van der Waals surface area contributed by atoms with Gasteiger partial charge in [0.2, 0.25) is 11.8 Å². The number of Topliss-reactive ketones (excluding diaryl/α,β-unsaturated/α-hetero) is 1. The van der Waals surface area contributed by atoms with Crippen LogP contribution in [0.15, 0.2) is 91.4 Å². The SMILES string of the molecule is Cc1ccccc1C(C(=O)N1CCC(C(=O)c2ccc(F)cc2)CC1)n1cnc(NC(=O)[C@@H](COCc2ccccc2)NC(=O)C(C)(C)N)c1. The molecule has 262 valence electrons. The Hall–Kier alpha value is -5.20. The Balaban J connectivity index is 1.30. The summed E-state index contributed by atoms with van der Waals surface area (Å²) in [4.78, 5) is 59.6. The van der Waals surface area contributed by atoms with Crippen molar-refractivity contribution in [2.45, 2.75) is 57.8 Å². The van der Waals surface area contributed by atoms with Gasteiger partial charge in [0.1, 0.15) is 17.9 Å². The monoisotopic (exact) mass is 682 g/mol. The lowest BCUT2D eigenvalue weighted by Crippen LogP contribution is -2.56. The van der Waals surface area contributed by atoms with Crippen molar-refractivity contribution in [3.63, 3.8) is 0 Å². The summed E-state index contributed by atoms with van der Waals surface area (Å²) in [6, 6.07) is 20.7. The number of ether oxygens (including phenoxy) is 1. The zero-order valence-electron chi connectivity index (χ0n) is 28.5. The molecule has 0 saturated carbocycles. The molecule has 1 aromatic heterocycles. The predicted molar refractivity (Wildman–Crippen MR) is 187 cm³/mol. The van der Waals surface area contributed by atoms with E-state index in [1.807, 2.05) is 61.5 Å². The van der Waals surface area contributed by atoms with Gasteiger partial charge in [-0.1, -0.05) is 54.6 Å². The molecular weight excluding hydrogens is 639 g/mol. The first-order valence-electron chi connectivity index (χ1n) is 16.6. The van der Waals surface area contributed by atoms with Gasteiger partial charge in [-0.05, 0) is 74.6 Å². The molecule has 5 rings (SSSR count). The lowest BCUT2D eigenvalue weighted by atomic mass is 9.88. The molecule has 4 N–H and O–H groups in total. The molecule has 0 radical (unpaired) electrons. The molecule has 1 aliphatic rings. The molecule has 2 heterocycles. The van der Waals surface area contributed by atoms with Crippen LogP contribution in [-0.4, -0.2) is 69.2 Å². The van der Waals surface area contributed by atoms with Crippen molar-refractivity contribution in [1.82, 2.24) is 19.8 Å². The number of likely N-dealkylation sites (tertiary alicyclic amines) is 1. The number of nitrogens with one attached hydrogen (secondary N) is 2. The van der Waals surface area contributed by atoms with Crippen molar-refractivity contribution in [3.05, 3.63) is 119 Å². The Morgan fingerprint density at radius 2 is 1.64 bits per heavy atom. The summed E-state index contributed by atoms with van der Waals surface area (Å²) in [5, 5.41) is 5.43. The van der Waals surface area contributed by atoms with Crippen molar-refractivity contribution < 1.29 is 28.3 Å². The number of rotatable bonds is 13. The van der Waals surface area contributed by atoms with E-state index < -0.39 is 35.3 Å². The van der Waals surface area contributed by atoms with E-state index in [1.165, 1.54) is 30.6 Å². The van der Waals surface area contributed by atoms with Crippen molar-refractivity contribution in [2.75, 3.05) is 25.0 Å². The minimum atomic E-state index is -1.23. The van der Waals surface area contributed by atoms with Crippen LogP contribution in [0.25, 0.3) is 0 Å². The number of halogens is 1. The number of nitrogens with zero attached hydrogens (tertiary/aromatic N) is 3. The molecule has 1 aliphatic heterocycles. The maximum Gasteiger partial charge on any atom is 0.250 e. The van der Waals surface area contributed by atoms with Gasteiger partial charge < -0.3 is 30.6 Å². The number of hydrogen-bond acceptors (Lipinski definition) is 7. The maximum atomic E-state index is 14.2. The van der Waals surface area contributed by atoms with Crippen LogP contribution < -0.4 is 16.4 Å². The van der Waals surface area contributed by atoms with Crippen LogP contribution in [0, 0.1) is 18.7 Å². The van der Waals surface area contributed by atoms with E-state index in [2.05, 4.69) is 15.6 Å². The van der Waals surface area contributed by atoms with Gasteiger partial charge in [-0.2, -0.15) is 0 Å². The summed E-state index contributed by atoms with van der Waals surface area (Å²) >= 11 is 0. The number of amides is 3. The average Bonchev–Trinajstić information content (AvgIpc) is 3.56. The fourth-order valence-corrected chi connectivity index (χ4v) is 5.85. The molecule has 1 unspecified atom stereocenters. The first-order chi connectivity index (χ1) is 23.9. The van der Waals surface area contributed by atoms with Crippen molar-refractivity contribution in [3.8, 4) is 0 Å². The smallest absolute Gasteiger partial charge is 0.250 e. The summed E-state index contributed by atoms with van der Waals surface area (Å²) in [7, 11) is 0. The zero-order valence-corrected chi connectivity index (χ0v) is 28.5. The van der Waals surface area contributed by atoms with Crippen LogP contribution in [0.5, 0.6) is 0 Å². The standard InChI is InChI=1S/C38H43FN6O5/c1-25-9-7-8-12-30(25)33(36(48)44-19-17-28(18-20-44)34(46)27-13-15-29(39)16-14-27)45-21-32(41-24-45)43-35(47)31(42-37(49)38(2,3)40)23-50-22-26-10-5-4-6-11-26/h4-16,21,24,28,31,33H,17-20,22-23,40H2,1-3H3,(H,42,49)(H,43,47)/t31-,33?/m1/s1. The molecule has 0 spiro atoms. The first-order valence-corrected chi connectivity index (χ1v) is 16.6. The van der Waals surface area contributed by atoms with Gasteiger partial charge >= 0.3 is 0 Å². The third-order valence-corrected chi connectivity index (χ3v) is 8.78. The maximum absolute atomic E-state index is 14.2. The second kappa shape index (κ2) is 16.0. The van der Waals surface area contributed by atoms with Crippen molar-refractivity contribution >= 4 is 29.3 Å². The highest BCUT2D eigenvalue weighted by atomic mass is 19.1. The van der Waals surface area contributed by atoms with E-state index in [0.717, 1.165) is 16.7 Å². The molecule has 1 saturated heterocycles. The highest BCUT2D eigenvalue weighted by molar-refractivity contribution is 5.99. The number of benzene rings is 3. The van der Waals surface area contributed by atoms with Crippen molar-refractivity contribution in [1.29, 1.82) is 0 Å². The molecule has 11 nitrogen and oxygen atoms in total. The fourth-order valence-electron chi connectivity index (χ4n) is 5.85. The third-order valence-electron chi connectivity index (χ3n) is 8.78. The molecule has 12 heteroatoms. The van der Waals surface area contributed by atoms with E-state index in [4.69, 9.17) is 10.5 Å². The molecule has 4 aromatic rings. The number of nitrogens with two attached hydrogens (primary N) is 1. The molecule has 3 amide bonds. The van der Waals surface area contributed by atoms with Gasteiger partial charge in [0.05, 0.1) is 25.1 Å². The highest BCUT2D eigenvalue weighted by Gasteiger charge is 2.34. The lowest BCUT2D eigenvalue weighted by molar-refractivity contribution is -0.134. The number of anilines is 1. The van der Waals surface area contributed by atoms with Gasteiger partial charge in [-0.25, -0.2) is 9.37 Å². The molecule has 2 atom stereocenters. The number of aromatic nitrogens is 2. The second-order valence-corrected chi connectivity index (χ2v) is 13.2. The molecule has 50 heavy (non-hydrogen) atoms. The normalized spacial score (nSPS) is 14.9. The topological polar surface area (TPSA) is 149 Å². The quantitative estimate of drug-likeness (QED) is 0.177. The van der Waals surface area contributed by atoms with Crippen LogP contribution >= 0.6 is 0 Å². The molecule has 3 aromatic carbocycles. The van der Waals surface area contributed by atoms with Gasteiger partial charge in [0.25, 0.3) is 5.91 Å². The number of hydrogen-bond donors (Lipinski definition) is 3. The Morgan fingerprint density at radius 1 is 0.980 bits per heavy atom. The molecule has 0 aliphatic carbocycles. The number of carbonyl (C=O) groups is 4. The largest absolute Gasteiger partial charge is 0.374 e. The van der Waals surface area contributed by atoms with Crippen LogP contribution in [-0.2, 0) is 25.7 Å². The van der Waals surface area contributed by atoms with Gasteiger partial charge in [-0.3, -0.25) is 19.2 Å². The van der Waals surface area contributed by atoms with Crippen LogP contribution in [0.3, 0.4) is 0 Å². The summed E-state index contributed by atoms with van der Waals surface area (Å²) < 4.78 is 20.8. The van der Waals surface area contributed by atoms with Gasteiger partial charge in [-0.15, -0.1) is 0 Å². The Bertz CT molecular complexity index is 1800. The molecule has 1 fully saturated rings. The number of aryl methyl sites for hydroxylation is 1. The van der Waals surface area contributed by atoms with E-state index in [0.29, 0.717) is 31.5 Å². The summed E-state index contributed by atoms with van der Waals surface area (Å²) in [5.74, 6) is -1.82. The van der Waals surface area contributed by atoms with E-state index >= 15 is 0 Å². The lowest BCUT2D eigenvalue weighted by Gasteiger charge is -2.34. The Kier molecular flexibility index (Phi) is 11.6. The van der Waals surface area contributed by atoms with E-state index in [-0.39, 0.29) is 36.6 Å². The summed E-state index contributed by atoms with van der Waals surface area (Å²) in [5.41, 5.74) is 7.78. The minimum absolute atomic E-state index is 0.0578. The summed E-state index contributed by atoms with van der Waals surface area (Å²) in [6.45, 7) is 5.87. The van der Waals surface area contributed by atoms with E-state index in [1.54, 1.807) is 29.5 Å². The zero-order chi connectivity index (χ0) is 35.8. The number of imidazole rings is 1. The number of ketones is 1. The van der Waals surface area contributed by atoms with Crippen LogP contribution in [0.4, 0.5) is 10.2 Å². The van der Waals surface area contributed by atoms with E-state index in [9.17, 15) is 23.6 Å². The number of carbonyl (C=O) groups excluding carboxylic acids is 4. The Labute approximate surface area is 291 Å². The summed E-state index contributed by atoms with van der Waals surface area (Å²) in [6.07, 6.45) is 4.02. The molecular formula is C38H43FN6O5. The van der Waals surface area contributed by atoms with Crippen LogP contribution in [0.1, 0.15) is 59.8 Å². The van der Waals surface area contributed by atoms with Gasteiger partial charge in [0, 0.05) is 30.8 Å². The van der Waals surface area contributed by atoms with Gasteiger partial charge in [0.15, 0.2) is 11.6 Å². The second-order valence-electron chi connectivity index (χ2n) is 13.2. The van der Waals surface area contributed by atoms with Crippen LogP contribution in [0.2, 0.25) is 0 Å². The first kappa shape index (κ1) is 36.1. The molecule has 0 bridgehead atoms. The minimum Gasteiger partial charge on any atom is -0.374 e. The number of piperidine rings is 1. The highest BCUT2D eigenvalue weighted by Crippen LogP contribution is 2.29.